The second kappa shape index (κ2) is 3.04. The maximum absolute atomic E-state index is 13.1. The van der Waals surface area contributed by atoms with Crippen molar-refractivity contribution in [3.05, 3.63) is 35.4 Å². The Labute approximate surface area is 79.2 Å². The third-order valence-corrected chi connectivity index (χ3v) is 2.47. The third kappa shape index (κ3) is 1.47. The molecule has 0 heterocycles. The van der Waals surface area contributed by atoms with Crippen LogP contribution in [0.25, 0.3) is 0 Å². The SMILES string of the molecule is O=C(O)[C@@H]1C[C@H]1c1ccc(F)cc1F. The summed E-state index contributed by atoms with van der Waals surface area (Å²) in [6.45, 7) is 0. The highest BCUT2D eigenvalue weighted by molar-refractivity contribution is 5.75. The Balaban J connectivity index is 2.23. The minimum absolute atomic E-state index is 0.284. The Kier molecular flexibility index (Phi) is 1.98. The molecule has 0 saturated heterocycles. The van der Waals surface area contributed by atoms with Gasteiger partial charge in [0.1, 0.15) is 11.6 Å². The maximum atomic E-state index is 13.1. The summed E-state index contributed by atoms with van der Waals surface area (Å²) in [6.07, 6.45) is 0.442. The molecule has 1 aliphatic carbocycles. The van der Waals surface area contributed by atoms with Crippen molar-refractivity contribution in [1.29, 1.82) is 0 Å². The van der Waals surface area contributed by atoms with Crippen molar-refractivity contribution in [2.45, 2.75) is 12.3 Å². The normalized spacial score (nSPS) is 24.7. The molecule has 0 aliphatic heterocycles. The molecule has 4 heteroatoms. The van der Waals surface area contributed by atoms with Gasteiger partial charge in [0.05, 0.1) is 5.92 Å². The summed E-state index contributed by atoms with van der Waals surface area (Å²) >= 11 is 0. The van der Waals surface area contributed by atoms with E-state index in [9.17, 15) is 13.6 Å². The molecule has 0 radical (unpaired) electrons. The zero-order chi connectivity index (χ0) is 10.3. The second-order valence-electron chi connectivity index (χ2n) is 3.45. The third-order valence-electron chi connectivity index (χ3n) is 2.47. The Bertz CT molecular complexity index is 390. The quantitative estimate of drug-likeness (QED) is 0.790. The molecule has 2 rings (SSSR count). The van der Waals surface area contributed by atoms with Gasteiger partial charge in [0.25, 0.3) is 0 Å². The lowest BCUT2D eigenvalue weighted by Gasteiger charge is -2.00. The smallest absolute Gasteiger partial charge is 0.307 e. The lowest BCUT2D eigenvalue weighted by atomic mass is 10.1. The highest BCUT2D eigenvalue weighted by Crippen LogP contribution is 2.48. The van der Waals surface area contributed by atoms with Crippen LogP contribution < -0.4 is 0 Å². The van der Waals surface area contributed by atoms with Crippen LogP contribution in [-0.2, 0) is 4.79 Å². The van der Waals surface area contributed by atoms with Crippen LogP contribution in [0.5, 0.6) is 0 Å². The lowest BCUT2D eigenvalue weighted by Crippen LogP contribution is -2.00. The molecule has 1 N–H and O–H groups in total. The van der Waals surface area contributed by atoms with E-state index in [1.165, 1.54) is 6.07 Å². The van der Waals surface area contributed by atoms with Gasteiger partial charge in [-0.1, -0.05) is 6.07 Å². The second-order valence-corrected chi connectivity index (χ2v) is 3.45. The largest absolute Gasteiger partial charge is 0.481 e. The molecule has 1 aromatic rings. The minimum atomic E-state index is -0.918. The van der Waals surface area contributed by atoms with Crippen LogP contribution in [0.15, 0.2) is 18.2 Å². The van der Waals surface area contributed by atoms with E-state index in [4.69, 9.17) is 5.11 Å². The minimum Gasteiger partial charge on any atom is -0.481 e. The molecule has 2 atom stereocenters. The number of carbonyl (C=O) groups is 1. The van der Waals surface area contributed by atoms with E-state index in [1.54, 1.807) is 0 Å². The number of carboxylic acid groups (broad SMARTS) is 1. The summed E-state index contributed by atoms with van der Waals surface area (Å²) in [5.41, 5.74) is 0.304. The summed E-state index contributed by atoms with van der Waals surface area (Å²) < 4.78 is 25.7. The summed E-state index contributed by atoms with van der Waals surface area (Å²) in [5, 5.41) is 8.63. The lowest BCUT2D eigenvalue weighted by molar-refractivity contribution is -0.138. The predicted molar refractivity (Wildman–Crippen MR) is 44.8 cm³/mol. The van der Waals surface area contributed by atoms with E-state index in [2.05, 4.69) is 0 Å². The molecule has 0 aromatic heterocycles. The van der Waals surface area contributed by atoms with Crippen LogP contribution in [0.3, 0.4) is 0 Å². The van der Waals surface area contributed by atoms with Gasteiger partial charge in [0.2, 0.25) is 0 Å². The Hall–Kier alpha value is -1.45. The van der Waals surface area contributed by atoms with Crippen molar-refractivity contribution < 1.29 is 18.7 Å². The summed E-state index contributed by atoms with van der Waals surface area (Å²) in [7, 11) is 0. The first-order valence-electron chi connectivity index (χ1n) is 4.27. The molecule has 74 valence electrons. The average molecular weight is 198 g/mol. The summed E-state index contributed by atoms with van der Waals surface area (Å²) in [6, 6.07) is 3.25. The van der Waals surface area contributed by atoms with Crippen molar-refractivity contribution in [2.75, 3.05) is 0 Å². The number of rotatable bonds is 2. The zero-order valence-corrected chi connectivity index (χ0v) is 7.21. The highest BCUT2D eigenvalue weighted by Gasteiger charge is 2.45. The number of halogens is 2. The summed E-state index contributed by atoms with van der Waals surface area (Å²) in [5.74, 6) is -3.00. The van der Waals surface area contributed by atoms with Crippen LogP contribution in [0.1, 0.15) is 17.9 Å². The fourth-order valence-corrected chi connectivity index (χ4v) is 1.61. The number of hydrogen-bond donors (Lipinski definition) is 1. The van der Waals surface area contributed by atoms with Crippen molar-refractivity contribution in [1.82, 2.24) is 0 Å². The molecule has 0 bridgehead atoms. The fourth-order valence-electron chi connectivity index (χ4n) is 1.61. The van der Waals surface area contributed by atoms with E-state index in [1.807, 2.05) is 0 Å². The van der Waals surface area contributed by atoms with Gasteiger partial charge < -0.3 is 5.11 Å². The molecule has 1 fully saturated rings. The van der Waals surface area contributed by atoms with E-state index in [0.717, 1.165) is 12.1 Å². The van der Waals surface area contributed by atoms with E-state index >= 15 is 0 Å². The monoisotopic (exact) mass is 198 g/mol. The van der Waals surface area contributed by atoms with Crippen molar-refractivity contribution in [3.8, 4) is 0 Å². The van der Waals surface area contributed by atoms with Gasteiger partial charge in [-0.3, -0.25) is 4.79 Å². The molecular formula is C10H8F2O2. The molecule has 1 saturated carbocycles. The molecule has 2 nitrogen and oxygen atoms in total. The Morgan fingerprint density at radius 3 is 2.64 bits per heavy atom. The van der Waals surface area contributed by atoms with Gasteiger partial charge >= 0.3 is 5.97 Å². The maximum Gasteiger partial charge on any atom is 0.307 e. The number of aliphatic carboxylic acids is 1. The zero-order valence-electron chi connectivity index (χ0n) is 7.21. The first-order chi connectivity index (χ1) is 6.59. The highest BCUT2D eigenvalue weighted by atomic mass is 19.1. The van der Waals surface area contributed by atoms with Gasteiger partial charge in [-0.05, 0) is 18.1 Å². The molecule has 0 amide bonds. The van der Waals surface area contributed by atoms with Crippen LogP contribution in [0, 0.1) is 17.6 Å². The topological polar surface area (TPSA) is 37.3 Å². The molecular weight excluding hydrogens is 190 g/mol. The first-order valence-corrected chi connectivity index (χ1v) is 4.27. The standard InChI is InChI=1S/C10H8F2O2/c11-5-1-2-6(9(12)3-5)7-4-8(7)10(13)14/h1-3,7-8H,4H2,(H,13,14)/t7-,8+/m0/s1. The Morgan fingerprint density at radius 2 is 2.14 bits per heavy atom. The van der Waals surface area contributed by atoms with Gasteiger partial charge in [-0.25, -0.2) is 8.78 Å². The van der Waals surface area contributed by atoms with Crippen LogP contribution in [0.4, 0.5) is 8.78 Å². The van der Waals surface area contributed by atoms with E-state index in [-0.39, 0.29) is 5.92 Å². The number of benzene rings is 1. The van der Waals surface area contributed by atoms with E-state index < -0.39 is 23.5 Å². The van der Waals surface area contributed by atoms with Crippen LogP contribution in [-0.4, -0.2) is 11.1 Å². The Morgan fingerprint density at radius 1 is 1.43 bits per heavy atom. The van der Waals surface area contributed by atoms with Crippen molar-refractivity contribution in [2.24, 2.45) is 5.92 Å². The van der Waals surface area contributed by atoms with Gasteiger partial charge in [0.15, 0.2) is 0 Å². The van der Waals surface area contributed by atoms with Crippen LogP contribution >= 0.6 is 0 Å². The van der Waals surface area contributed by atoms with Gasteiger partial charge in [-0.15, -0.1) is 0 Å². The molecule has 1 aliphatic rings. The predicted octanol–water partition coefficient (Wildman–Crippen LogP) is 2.15. The molecule has 1 aromatic carbocycles. The van der Waals surface area contributed by atoms with Crippen LogP contribution in [0.2, 0.25) is 0 Å². The fraction of sp³-hybridized carbons (Fsp3) is 0.300. The number of hydrogen-bond acceptors (Lipinski definition) is 1. The van der Waals surface area contributed by atoms with E-state index in [0.29, 0.717) is 12.0 Å². The molecule has 0 spiro atoms. The van der Waals surface area contributed by atoms with Gasteiger partial charge in [0, 0.05) is 12.0 Å². The van der Waals surface area contributed by atoms with Crippen molar-refractivity contribution in [3.63, 3.8) is 0 Å². The summed E-state index contributed by atoms with van der Waals surface area (Å²) in [4.78, 5) is 10.5. The first kappa shape index (κ1) is 9.12. The molecule has 0 unspecified atom stereocenters. The average Bonchev–Trinajstić information content (AvgIpc) is 2.83. The van der Waals surface area contributed by atoms with Crippen molar-refractivity contribution >= 4 is 5.97 Å². The van der Waals surface area contributed by atoms with Gasteiger partial charge in [-0.2, -0.15) is 0 Å². The molecule has 14 heavy (non-hydrogen) atoms. The number of carboxylic acids is 1.